The van der Waals surface area contributed by atoms with E-state index in [1.807, 2.05) is 17.8 Å². The van der Waals surface area contributed by atoms with E-state index in [0.717, 1.165) is 29.2 Å². The van der Waals surface area contributed by atoms with E-state index in [4.69, 9.17) is 27.9 Å². The Labute approximate surface area is 125 Å². The van der Waals surface area contributed by atoms with Gasteiger partial charge in [-0.3, -0.25) is 0 Å². The fourth-order valence-corrected chi connectivity index (χ4v) is 2.97. The van der Waals surface area contributed by atoms with Crippen molar-refractivity contribution in [3.8, 4) is 5.75 Å². The second-order valence-corrected chi connectivity index (χ2v) is 6.21. The van der Waals surface area contributed by atoms with Crippen LogP contribution < -0.4 is 4.74 Å². The largest absolute Gasteiger partial charge is 0.492 e. The minimum atomic E-state index is 0.579. The predicted octanol–water partition coefficient (Wildman–Crippen LogP) is 5.41. The Hall–Kier alpha value is 0.430. The van der Waals surface area contributed by atoms with Gasteiger partial charge in [0.2, 0.25) is 0 Å². The Morgan fingerprint density at radius 2 is 2.12 bits per heavy atom. The van der Waals surface area contributed by atoms with Gasteiger partial charge in [-0.2, -0.15) is 11.8 Å². The summed E-state index contributed by atoms with van der Waals surface area (Å²) >= 11 is 17.4. The fraction of sp³-hybridized carbons (Fsp3) is 0.500. The highest BCUT2D eigenvalue weighted by atomic mass is 79.9. The van der Waals surface area contributed by atoms with Crippen LogP contribution in [0, 0.1) is 0 Å². The topological polar surface area (TPSA) is 9.23 Å². The molecule has 17 heavy (non-hydrogen) atoms. The summed E-state index contributed by atoms with van der Waals surface area (Å²) in [7, 11) is 0. The second kappa shape index (κ2) is 8.52. The summed E-state index contributed by atoms with van der Waals surface area (Å²) in [5, 5.41) is 1.90. The minimum Gasteiger partial charge on any atom is -0.492 e. The lowest BCUT2D eigenvalue weighted by molar-refractivity contribution is 0.316. The highest BCUT2D eigenvalue weighted by molar-refractivity contribution is 9.08. The van der Waals surface area contributed by atoms with E-state index in [1.54, 1.807) is 6.07 Å². The molecule has 0 bridgehead atoms. The van der Waals surface area contributed by atoms with Crippen molar-refractivity contribution in [2.75, 3.05) is 18.1 Å². The molecule has 1 aromatic rings. The van der Waals surface area contributed by atoms with Crippen molar-refractivity contribution in [1.82, 2.24) is 0 Å². The van der Waals surface area contributed by atoms with E-state index in [-0.39, 0.29) is 0 Å². The van der Waals surface area contributed by atoms with Gasteiger partial charge in [0, 0.05) is 15.9 Å². The normalized spacial score (nSPS) is 10.6. The second-order valence-electron chi connectivity index (χ2n) is 3.41. The van der Waals surface area contributed by atoms with Gasteiger partial charge in [-0.25, -0.2) is 0 Å². The van der Waals surface area contributed by atoms with Crippen molar-refractivity contribution in [1.29, 1.82) is 0 Å². The third-order valence-electron chi connectivity index (χ3n) is 2.11. The summed E-state index contributed by atoms with van der Waals surface area (Å²) in [6.07, 6.45) is 1.03. The van der Waals surface area contributed by atoms with E-state index in [9.17, 15) is 0 Å². The van der Waals surface area contributed by atoms with Gasteiger partial charge >= 0.3 is 0 Å². The maximum Gasteiger partial charge on any atom is 0.142 e. The molecule has 0 aliphatic carbocycles. The Morgan fingerprint density at radius 1 is 1.35 bits per heavy atom. The van der Waals surface area contributed by atoms with Crippen molar-refractivity contribution in [2.45, 2.75) is 18.7 Å². The molecule has 0 spiro atoms. The molecular formula is C12H15BrCl2OS. The first-order valence-corrected chi connectivity index (χ1v) is 8.46. The van der Waals surface area contributed by atoms with Crippen LogP contribution in [-0.4, -0.2) is 18.1 Å². The number of hydrogen-bond donors (Lipinski definition) is 0. The number of benzene rings is 1. The third kappa shape index (κ3) is 5.29. The van der Waals surface area contributed by atoms with Gasteiger partial charge in [0.15, 0.2) is 0 Å². The number of alkyl halides is 1. The summed E-state index contributed by atoms with van der Waals surface area (Å²) in [5.41, 5.74) is 0.991. The average Bonchev–Trinajstić information content (AvgIpc) is 2.30. The van der Waals surface area contributed by atoms with Crippen LogP contribution in [0.4, 0.5) is 0 Å². The molecule has 0 fully saturated rings. The molecule has 0 saturated heterocycles. The molecule has 0 radical (unpaired) electrons. The molecule has 0 aromatic heterocycles. The third-order valence-corrected chi connectivity index (χ3v) is 4.20. The van der Waals surface area contributed by atoms with Gasteiger partial charge in [-0.1, -0.05) is 46.1 Å². The smallest absolute Gasteiger partial charge is 0.142 e. The molecule has 0 heterocycles. The summed E-state index contributed by atoms with van der Waals surface area (Å²) < 4.78 is 5.73. The minimum absolute atomic E-state index is 0.579. The Balaban J connectivity index is 2.57. The first-order valence-electron chi connectivity index (χ1n) is 5.43. The van der Waals surface area contributed by atoms with E-state index >= 15 is 0 Å². The van der Waals surface area contributed by atoms with Gasteiger partial charge < -0.3 is 4.74 Å². The van der Waals surface area contributed by atoms with Crippen LogP contribution in [0.1, 0.15) is 18.9 Å². The molecule has 0 atom stereocenters. The van der Waals surface area contributed by atoms with Gasteiger partial charge in [-0.05, 0) is 30.1 Å². The predicted molar refractivity (Wildman–Crippen MR) is 82.2 cm³/mol. The first kappa shape index (κ1) is 15.5. The Bertz CT molecular complexity index is 361. The molecule has 0 amide bonds. The number of ether oxygens (including phenoxy) is 1. The molecule has 5 heteroatoms. The quantitative estimate of drug-likeness (QED) is 0.476. The summed E-state index contributed by atoms with van der Waals surface area (Å²) in [6, 6.07) is 3.59. The van der Waals surface area contributed by atoms with E-state index in [0.29, 0.717) is 22.0 Å². The summed E-state index contributed by atoms with van der Waals surface area (Å²) in [5.74, 6) is 3.01. The average molecular weight is 358 g/mol. The van der Waals surface area contributed by atoms with Gasteiger partial charge in [0.05, 0.1) is 11.6 Å². The van der Waals surface area contributed by atoms with Crippen LogP contribution in [0.2, 0.25) is 10.0 Å². The first-order chi connectivity index (χ1) is 8.19. The van der Waals surface area contributed by atoms with Crippen LogP contribution in [0.25, 0.3) is 0 Å². The lowest BCUT2D eigenvalue weighted by Crippen LogP contribution is -2.01. The lowest BCUT2D eigenvalue weighted by atomic mass is 10.2. The summed E-state index contributed by atoms with van der Waals surface area (Å²) in [6.45, 7) is 2.85. The summed E-state index contributed by atoms with van der Waals surface area (Å²) in [4.78, 5) is 0. The van der Waals surface area contributed by atoms with Crippen molar-refractivity contribution < 1.29 is 4.74 Å². The maximum atomic E-state index is 6.12. The molecule has 0 N–H and O–H groups in total. The molecule has 0 saturated carbocycles. The lowest BCUT2D eigenvalue weighted by Gasteiger charge is -2.12. The van der Waals surface area contributed by atoms with Crippen molar-refractivity contribution in [3.05, 3.63) is 27.7 Å². The molecule has 0 unspecified atom stereocenters. The fourth-order valence-electron chi connectivity index (χ4n) is 1.35. The van der Waals surface area contributed by atoms with Gasteiger partial charge in [0.25, 0.3) is 0 Å². The van der Waals surface area contributed by atoms with Crippen molar-refractivity contribution >= 4 is 50.9 Å². The molecule has 1 nitrogen and oxygen atoms in total. The van der Waals surface area contributed by atoms with Gasteiger partial charge in [0.1, 0.15) is 5.75 Å². The molecule has 0 aliphatic heterocycles. The number of halogens is 3. The number of thioether (sulfide) groups is 1. The van der Waals surface area contributed by atoms with E-state index in [2.05, 4.69) is 22.9 Å². The Kier molecular flexibility index (Phi) is 7.76. The standard InChI is InChI=1S/C12H15BrCl2OS/c1-2-17-5-3-4-16-12-9(8-13)6-10(14)7-11(12)15/h6-7H,2-5,8H2,1H3. The van der Waals surface area contributed by atoms with Crippen LogP contribution in [-0.2, 0) is 5.33 Å². The van der Waals surface area contributed by atoms with Gasteiger partial charge in [-0.15, -0.1) is 0 Å². The van der Waals surface area contributed by atoms with E-state index in [1.165, 1.54) is 0 Å². The Morgan fingerprint density at radius 3 is 2.76 bits per heavy atom. The number of rotatable bonds is 7. The zero-order chi connectivity index (χ0) is 12.7. The molecule has 1 aromatic carbocycles. The zero-order valence-electron chi connectivity index (χ0n) is 9.64. The highest BCUT2D eigenvalue weighted by Crippen LogP contribution is 2.33. The van der Waals surface area contributed by atoms with Crippen LogP contribution in [0.15, 0.2) is 12.1 Å². The SMILES string of the molecule is CCSCCCOc1c(Cl)cc(Cl)cc1CBr. The van der Waals surface area contributed by atoms with Crippen molar-refractivity contribution in [2.24, 2.45) is 0 Å². The molecule has 96 valence electrons. The maximum absolute atomic E-state index is 6.12. The molecular weight excluding hydrogens is 343 g/mol. The highest BCUT2D eigenvalue weighted by Gasteiger charge is 2.09. The molecule has 0 aliphatic rings. The van der Waals surface area contributed by atoms with Crippen LogP contribution >= 0.6 is 50.9 Å². The van der Waals surface area contributed by atoms with Crippen LogP contribution in [0.5, 0.6) is 5.75 Å². The monoisotopic (exact) mass is 356 g/mol. The van der Waals surface area contributed by atoms with Crippen molar-refractivity contribution in [3.63, 3.8) is 0 Å². The zero-order valence-corrected chi connectivity index (χ0v) is 13.6. The number of hydrogen-bond acceptors (Lipinski definition) is 2. The van der Waals surface area contributed by atoms with Crippen LogP contribution in [0.3, 0.4) is 0 Å². The van der Waals surface area contributed by atoms with E-state index < -0.39 is 0 Å². The molecule has 1 rings (SSSR count).